The Labute approximate surface area is 199 Å². The zero-order valence-electron chi connectivity index (χ0n) is 20.1. The zero-order valence-corrected chi connectivity index (χ0v) is 20.1. The Morgan fingerprint density at radius 3 is 2.82 bits per heavy atom. The molecule has 0 spiro atoms. The van der Waals surface area contributed by atoms with Crippen LogP contribution in [0.5, 0.6) is 0 Å². The highest BCUT2D eigenvalue weighted by atomic mass is 16.7. The second-order valence-electron chi connectivity index (χ2n) is 7.75. The van der Waals surface area contributed by atoms with Crippen LogP contribution in [0.25, 0.3) is 0 Å². The molecule has 0 atom stereocenters. The molecule has 0 amide bonds. The topological polar surface area (TPSA) is 49.3 Å². The van der Waals surface area contributed by atoms with E-state index in [0.29, 0.717) is 18.9 Å². The third-order valence-electron chi connectivity index (χ3n) is 5.06. The molecule has 1 aromatic carbocycles. The second-order valence-corrected chi connectivity index (χ2v) is 7.75. The van der Waals surface area contributed by atoms with Crippen molar-refractivity contribution in [2.75, 3.05) is 58.4 Å². The third-order valence-corrected chi connectivity index (χ3v) is 5.06. The van der Waals surface area contributed by atoms with E-state index in [1.807, 2.05) is 36.7 Å². The molecule has 0 radical (unpaired) electrons. The Bertz CT molecular complexity index is 843. The number of allylic oxidation sites excluding steroid dienone is 2. The molecule has 1 aliphatic rings. The van der Waals surface area contributed by atoms with Gasteiger partial charge in [-0.15, -0.1) is 0 Å². The van der Waals surface area contributed by atoms with Crippen LogP contribution in [0.1, 0.15) is 12.8 Å². The highest BCUT2D eigenvalue weighted by molar-refractivity contribution is 5.62. The van der Waals surface area contributed by atoms with Gasteiger partial charge in [0.25, 0.3) is 0 Å². The standard InChI is InChI=1S/C27H38N4O2/c1-5-25(20-24(2)32-4)22-30(3)33-19-11-16-28-17-18-31(27-13-7-6-8-14-27)23-26-12-9-10-15-29-21-26/h5-9,12-15,20-21,28H,1-2,10-11,16-19,22-23H2,3-4H3/b25-20+. The van der Waals surface area contributed by atoms with Crippen LogP contribution in [0.3, 0.4) is 0 Å². The summed E-state index contributed by atoms with van der Waals surface area (Å²) in [6.45, 7) is 12.5. The summed E-state index contributed by atoms with van der Waals surface area (Å²) >= 11 is 0. The van der Waals surface area contributed by atoms with Crippen molar-refractivity contribution < 1.29 is 9.57 Å². The van der Waals surface area contributed by atoms with E-state index < -0.39 is 0 Å². The van der Waals surface area contributed by atoms with Crippen molar-refractivity contribution in [1.82, 2.24) is 10.4 Å². The molecule has 6 nitrogen and oxygen atoms in total. The summed E-state index contributed by atoms with van der Waals surface area (Å²) in [5.74, 6) is 0.603. The lowest BCUT2D eigenvalue weighted by molar-refractivity contribution is -0.133. The van der Waals surface area contributed by atoms with Crippen LogP contribution in [0.2, 0.25) is 0 Å². The van der Waals surface area contributed by atoms with Crippen molar-refractivity contribution in [2.24, 2.45) is 4.99 Å². The minimum Gasteiger partial charge on any atom is -0.497 e. The SMILES string of the molecule is C=C/C(=C\C(=C)OC)CN(C)OCCCNCCN(CC1=CN=CCC=C1)c1ccccc1. The predicted octanol–water partition coefficient (Wildman–Crippen LogP) is 4.52. The van der Waals surface area contributed by atoms with Gasteiger partial charge in [-0.2, -0.15) is 5.06 Å². The Balaban J connectivity index is 1.70. The Kier molecular flexibility index (Phi) is 12.6. The Morgan fingerprint density at radius 1 is 1.24 bits per heavy atom. The number of hydrogen-bond acceptors (Lipinski definition) is 6. The van der Waals surface area contributed by atoms with Gasteiger partial charge in [0.1, 0.15) is 5.76 Å². The molecular formula is C27H38N4O2. The van der Waals surface area contributed by atoms with Gasteiger partial charge in [-0.3, -0.25) is 9.83 Å². The average Bonchev–Trinajstić information content (AvgIpc) is 3.11. The first-order valence-electron chi connectivity index (χ1n) is 11.4. The molecule has 0 saturated carbocycles. The normalized spacial score (nSPS) is 13.5. The highest BCUT2D eigenvalue weighted by Crippen LogP contribution is 2.16. The predicted molar refractivity (Wildman–Crippen MR) is 139 cm³/mol. The number of benzene rings is 1. The Hall–Kier alpha value is -2.93. The van der Waals surface area contributed by atoms with Gasteiger partial charge in [-0.05, 0) is 42.3 Å². The zero-order chi connectivity index (χ0) is 23.7. The second kappa shape index (κ2) is 15.8. The smallest absolute Gasteiger partial charge is 0.112 e. The summed E-state index contributed by atoms with van der Waals surface area (Å²) in [4.78, 5) is 12.5. The summed E-state index contributed by atoms with van der Waals surface area (Å²) in [6, 6.07) is 10.5. The van der Waals surface area contributed by atoms with Crippen LogP contribution in [0, 0.1) is 0 Å². The molecule has 0 unspecified atom stereocenters. The number of nitrogens with zero attached hydrogens (tertiary/aromatic N) is 3. The van der Waals surface area contributed by atoms with Gasteiger partial charge >= 0.3 is 0 Å². The van der Waals surface area contributed by atoms with Crippen LogP contribution in [0.15, 0.2) is 95.9 Å². The van der Waals surface area contributed by atoms with Crippen molar-refractivity contribution in [3.8, 4) is 0 Å². The fourth-order valence-corrected chi connectivity index (χ4v) is 3.28. The molecule has 0 aromatic heterocycles. The summed E-state index contributed by atoms with van der Waals surface area (Å²) in [7, 11) is 3.52. The van der Waals surface area contributed by atoms with Crippen molar-refractivity contribution in [3.63, 3.8) is 0 Å². The number of ether oxygens (including phenoxy) is 1. The largest absolute Gasteiger partial charge is 0.497 e. The van der Waals surface area contributed by atoms with Crippen LogP contribution < -0.4 is 10.2 Å². The molecule has 6 heteroatoms. The quantitative estimate of drug-likeness (QED) is 0.174. The van der Waals surface area contributed by atoms with Gasteiger partial charge in [0, 0.05) is 57.7 Å². The summed E-state index contributed by atoms with van der Waals surface area (Å²) in [5.41, 5.74) is 3.42. The van der Waals surface area contributed by atoms with Crippen LogP contribution in [-0.2, 0) is 9.57 Å². The minimum atomic E-state index is 0.603. The van der Waals surface area contributed by atoms with Gasteiger partial charge in [-0.1, -0.05) is 49.6 Å². The minimum absolute atomic E-state index is 0.603. The molecule has 0 bridgehead atoms. The molecule has 1 N–H and O–H groups in total. The lowest BCUT2D eigenvalue weighted by atomic mass is 10.2. The van der Waals surface area contributed by atoms with Crippen LogP contribution in [-0.4, -0.2) is 64.8 Å². The number of hydroxylamine groups is 2. The molecule has 0 saturated heterocycles. The highest BCUT2D eigenvalue weighted by Gasteiger charge is 2.08. The number of methoxy groups -OCH3 is 1. The Morgan fingerprint density at radius 2 is 2.06 bits per heavy atom. The number of likely N-dealkylation sites (N-methyl/N-ethyl adjacent to an activating group) is 1. The molecule has 33 heavy (non-hydrogen) atoms. The van der Waals surface area contributed by atoms with E-state index in [-0.39, 0.29) is 0 Å². The van der Waals surface area contributed by atoms with E-state index >= 15 is 0 Å². The molecule has 0 fully saturated rings. The molecular weight excluding hydrogens is 412 g/mol. The van der Waals surface area contributed by atoms with Crippen molar-refractivity contribution >= 4 is 11.9 Å². The monoisotopic (exact) mass is 450 g/mol. The van der Waals surface area contributed by atoms with E-state index in [1.54, 1.807) is 13.2 Å². The average molecular weight is 451 g/mol. The first-order valence-corrected chi connectivity index (χ1v) is 11.4. The molecule has 178 valence electrons. The number of para-hydroxylation sites is 1. The number of anilines is 1. The third kappa shape index (κ3) is 11.0. The maximum absolute atomic E-state index is 5.79. The van der Waals surface area contributed by atoms with E-state index in [4.69, 9.17) is 9.57 Å². The van der Waals surface area contributed by atoms with Crippen LogP contribution in [0.4, 0.5) is 5.69 Å². The van der Waals surface area contributed by atoms with E-state index in [2.05, 4.69) is 64.8 Å². The summed E-state index contributed by atoms with van der Waals surface area (Å²) in [6.07, 6.45) is 13.7. The number of aliphatic imine (C=N–C) groups is 1. The van der Waals surface area contributed by atoms with Gasteiger partial charge < -0.3 is 15.0 Å². The fraction of sp³-hybridized carbons (Fsp3) is 0.370. The van der Waals surface area contributed by atoms with Gasteiger partial charge in [0.15, 0.2) is 0 Å². The number of rotatable bonds is 16. The molecule has 1 aromatic rings. The van der Waals surface area contributed by atoms with E-state index in [0.717, 1.165) is 44.6 Å². The maximum atomic E-state index is 5.79. The van der Waals surface area contributed by atoms with Gasteiger partial charge in [0.05, 0.1) is 13.7 Å². The summed E-state index contributed by atoms with van der Waals surface area (Å²) in [5, 5.41) is 5.34. The molecule has 0 aliphatic carbocycles. The van der Waals surface area contributed by atoms with E-state index in [9.17, 15) is 0 Å². The molecule has 1 heterocycles. The number of hydrogen-bond donors (Lipinski definition) is 1. The maximum Gasteiger partial charge on any atom is 0.112 e. The van der Waals surface area contributed by atoms with Gasteiger partial charge in [0.2, 0.25) is 0 Å². The van der Waals surface area contributed by atoms with Gasteiger partial charge in [-0.25, -0.2) is 0 Å². The van der Waals surface area contributed by atoms with E-state index in [1.165, 1.54) is 11.3 Å². The molecule has 2 rings (SSSR count). The van der Waals surface area contributed by atoms with Crippen LogP contribution >= 0.6 is 0 Å². The van der Waals surface area contributed by atoms with Crippen molar-refractivity contribution in [2.45, 2.75) is 12.8 Å². The fourth-order valence-electron chi connectivity index (χ4n) is 3.28. The summed E-state index contributed by atoms with van der Waals surface area (Å²) < 4.78 is 5.09. The van der Waals surface area contributed by atoms with Crippen molar-refractivity contribution in [1.29, 1.82) is 0 Å². The first kappa shape index (κ1) is 26.3. The molecule has 1 aliphatic heterocycles. The number of nitrogens with one attached hydrogen (secondary N) is 1. The lowest BCUT2D eigenvalue weighted by Gasteiger charge is -2.25. The lowest BCUT2D eigenvalue weighted by Crippen LogP contribution is -2.34. The first-order chi connectivity index (χ1) is 16.1. The van der Waals surface area contributed by atoms with Crippen molar-refractivity contribution in [3.05, 3.63) is 90.9 Å².